The van der Waals surface area contributed by atoms with Crippen molar-refractivity contribution in [3.8, 4) is 5.75 Å². The molecule has 6 nitrogen and oxygen atoms in total. The minimum absolute atomic E-state index is 0.235. The van der Waals surface area contributed by atoms with Gasteiger partial charge in [-0.15, -0.1) is 0 Å². The average molecular weight is 319 g/mol. The van der Waals surface area contributed by atoms with Crippen molar-refractivity contribution in [2.45, 2.75) is 31.4 Å². The number of aliphatic carboxylic acids is 1. The number of nitrogens with zero attached hydrogens (tertiary/aromatic N) is 1. The number of hydrogen-bond donors (Lipinski definition) is 1. The number of carboxylic acid groups (broad SMARTS) is 1. The summed E-state index contributed by atoms with van der Waals surface area (Å²) in [5, 5.41) is 9.30. The summed E-state index contributed by atoms with van der Waals surface area (Å²) in [6, 6.07) is 6.05. The molecule has 6 heteroatoms. The van der Waals surface area contributed by atoms with Gasteiger partial charge in [0, 0.05) is 25.6 Å². The third kappa shape index (κ3) is 3.64. The van der Waals surface area contributed by atoms with Crippen LogP contribution in [0.4, 0.5) is 0 Å². The van der Waals surface area contributed by atoms with Crippen molar-refractivity contribution in [3.05, 3.63) is 29.8 Å². The Balaban J connectivity index is 1.67. The van der Waals surface area contributed by atoms with Gasteiger partial charge in [-0.2, -0.15) is 0 Å². The summed E-state index contributed by atoms with van der Waals surface area (Å²) in [5.74, 6) is 0.121. The molecule has 0 radical (unpaired) electrons. The number of carboxylic acids is 1. The highest BCUT2D eigenvalue weighted by molar-refractivity contribution is 5.97. The predicted octanol–water partition coefficient (Wildman–Crippen LogP) is 1.79. The van der Waals surface area contributed by atoms with E-state index in [2.05, 4.69) is 0 Å². The summed E-state index contributed by atoms with van der Waals surface area (Å²) >= 11 is 0. The molecule has 1 aromatic carbocycles. The fourth-order valence-electron chi connectivity index (χ4n) is 2.78. The van der Waals surface area contributed by atoms with Crippen LogP contribution in [0.15, 0.2) is 24.3 Å². The number of rotatable bonds is 6. The van der Waals surface area contributed by atoms with Gasteiger partial charge in [-0.1, -0.05) is 0 Å². The van der Waals surface area contributed by atoms with E-state index in [4.69, 9.17) is 9.47 Å². The lowest BCUT2D eigenvalue weighted by atomic mass is 10.1. The van der Waals surface area contributed by atoms with E-state index in [1.165, 1.54) is 24.9 Å². The van der Waals surface area contributed by atoms with E-state index in [0.29, 0.717) is 24.4 Å². The van der Waals surface area contributed by atoms with Crippen molar-refractivity contribution in [1.29, 1.82) is 0 Å². The summed E-state index contributed by atoms with van der Waals surface area (Å²) in [5.41, 5.74) is 0.465. The second-order valence-corrected chi connectivity index (χ2v) is 6.18. The number of hydrogen-bond acceptors (Lipinski definition) is 4. The molecular weight excluding hydrogens is 298 g/mol. The molecule has 1 heterocycles. The maximum absolute atomic E-state index is 12.6. The van der Waals surface area contributed by atoms with Crippen LogP contribution in [0.3, 0.4) is 0 Å². The normalized spacial score (nSPS) is 23.8. The zero-order valence-electron chi connectivity index (χ0n) is 13.1. The van der Waals surface area contributed by atoms with Crippen LogP contribution in [0.2, 0.25) is 0 Å². The van der Waals surface area contributed by atoms with Crippen LogP contribution in [0.1, 0.15) is 29.6 Å². The van der Waals surface area contributed by atoms with Gasteiger partial charge < -0.3 is 19.5 Å². The second-order valence-electron chi connectivity index (χ2n) is 6.18. The van der Waals surface area contributed by atoms with Crippen LogP contribution in [-0.4, -0.2) is 54.3 Å². The molecule has 2 fully saturated rings. The van der Waals surface area contributed by atoms with Gasteiger partial charge in [0.2, 0.25) is 0 Å². The van der Waals surface area contributed by atoms with Crippen LogP contribution in [0, 0.1) is 5.92 Å². The molecule has 2 atom stereocenters. The molecule has 1 saturated heterocycles. The third-order valence-electron chi connectivity index (χ3n) is 4.43. The van der Waals surface area contributed by atoms with Crippen LogP contribution >= 0.6 is 0 Å². The number of benzene rings is 1. The Kier molecular flexibility index (Phi) is 4.52. The SMILES string of the molecule is COC1CC(C(=O)O)N(C(=O)c2ccc(OCC3CC3)cc2)C1. The summed E-state index contributed by atoms with van der Waals surface area (Å²) < 4.78 is 10.9. The standard InChI is InChI=1S/C17H21NO5/c1-22-14-8-15(17(20)21)18(9-14)16(19)12-4-6-13(7-5-12)23-10-11-2-3-11/h4-7,11,14-15H,2-3,8-10H2,1H3,(H,20,21). The molecule has 1 aromatic rings. The van der Waals surface area contributed by atoms with Crippen LogP contribution < -0.4 is 4.74 Å². The molecule has 23 heavy (non-hydrogen) atoms. The number of ether oxygens (including phenoxy) is 2. The fraction of sp³-hybridized carbons (Fsp3) is 0.529. The Morgan fingerprint density at radius 1 is 1.26 bits per heavy atom. The van der Waals surface area contributed by atoms with Gasteiger partial charge in [0.15, 0.2) is 0 Å². The van der Waals surface area contributed by atoms with E-state index in [1.54, 1.807) is 24.3 Å². The summed E-state index contributed by atoms with van der Waals surface area (Å²) in [6.07, 6.45) is 2.53. The number of carbonyl (C=O) groups excluding carboxylic acids is 1. The molecule has 2 aliphatic rings. The van der Waals surface area contributed by atoms with Gasteiger partial charge in [0.25, 0.3) is 5.91 Å². The molecule has 1 aliphatic carbocycles. The van der Waals surface area contributed by atoms with Crippen molar-refractivity contribution in [3.63, 3.8) is 0 Å². The highest BCUT2D eigenvalue weighted by atomic mass is 16.5. The molecule has 0 bridgehead atoms. The van der Waals surface area contributed by atoms with Crippen LogP contribution in [0.5, 0.6) is 5.75 Å². The van der Waals surface area contributed by atoms with Gasteiger partial charge in [-0.05, 0) is 43.0 Å². The fourth-order valence-corrected chi connectivity index (χ4v) is 2.78. The Hall–Kier alpha value is -2.08. The van der Waals surface area contributed by atoms with E-state index >= 15 is 0 Å². The lowest BCUT2D eigenvalue weighted by molar-refractivity contribution is -0.141. The molecule has 124 valence electrons. The van der Waals surface area contributed by atoms with Gasteiger partial charge in [-0.3, -0.25) is 4.79 Å². The van der Waals surface area contributed by atoms with E-state index < -0.39 is 12.0 Å². The molecule has 1 amide bonds. The first-order chi connectivity index (χ1) is 11.1. The van der Waals surface area contributed by atoms with E-state index in [9.17, 15) is 14.7 Å². The Labute approximate surface area is 135 Å². The Bertz CT molecular complexity index is 581. The largest absolute Gasteiger partial charge is 0.493 e. The minimum Gasteiger partial charge on any atom is -0.493 e. The van der Waals surface area contributed by atoms with Crippen LogP contribution in [-0.2, 0) is 9.53 Å². The first-order valence-corrected chi connectivity index (χ1v) is 7.88. The quantitative estimate of drug-likeness (QED) is 0.865. The van der Waals surface area contributed by atoms with Crippen molar-refractivity contribution in [2.24, 2.45) is 5.92 Å². The maximum atomic E-state index is 12.6. The molecule has 1 saturated carbocycles. The van der Waals surface area contributed by atoms with Crippen molar-refractivity contribution < 1.29 is 24.2 Å². The first kappa shape index (κ1) is 15.8. The van der Waals surface area contributed by atoms with Gasteiger partial charge in [0.05, 0.1) is 12.7 Å². The summed E-state index contributed by atoms with van der Waals surface area (Å²) in [7, 11) is 1.53. The Morgan fingerprint density at radius 2 is 1.96 bits per heavy atom. The molecule has 3 rings (SSSR count). The Morgan fingerprint density at radius 3 is 2.52 bits per heavy atom. The third-order valence-corrected chi connectivity index (χ3v) is 4.43. The predicted molar refractivity (Wildman–Crippen MR) is 82.5 cm³/mol. The molecule has 0 aromatic heterocycles. The average Bonchev–Trinajstić information content (AvgIpc) is 3.28. The van der Waals surface area contributed by atoms with Gasteiger partial charge in [-0.25, -0.2) is 4.79 Å². The van der Waals surface area contributed by atoms with Gasteiger partial charge >= 0.3 is 5.97 Å². The highest BCUT2D eigenvalue weighted by Gasteiger charge is 2.40. The molecule has 0 spiro atoms. The van der Waals surface area contributed by atoms with E-state index in [-0.39, 0.29) is 12.0 Å². The van der Waals surface area contributed by atoms with Crippen LogP contribution in [0.25, 0.3) is 0 Å². The van der Waals surface area contributed by atoms with E-state index in [0.717, 1.165) is 12.4 Å². The second kappa shape index (κ2) is 6.58. The molecular formula is C17H21NO5. The zero-order valence-corrected chi connectivity index (χ0v) is 13.1. The number of methoxy groups -OCH3 is 1. The molecule has 1 N–H and O–H groups in total. The topological polar surface area (TPSA) is 76.1 Å². The van der Waals surface area contributed by atoms with E-state index in [1.807, 2.05) is 0 Å². The van der Waals surface area contributed by atoms with Crippen molar-refractivity contribution in [1.82, 2.24) is 4.90 Å². The lowest BCUT2D eigenvalue weighted by Crippen LogP contribution is -2.40. The summed E-state index contributed by atoms with van der Waals surface area (Å²) in [4.78, 5) is 25.3. The smallest absolute Gasteiger partial charge is 0.326 e. The summed E-state index contributed by atoms with van der Waals surface area (Å²) in [6.45, 7) is 1.02. The zero-order chi connectivity index (χ0) is 16.4. The number of carbonyl (C=O) groups is 2. The molecule has 2 unspecified atom stereocenters. The van der Waals surface area contributed by atoms with Crippen molar-refractivity contribution in [2.75, 3.05) is 20.3 Å². The first-order valence-electron chi connectivity index (χ1n) is 7.88. The maximum Gasteiger partial charge on any atom is 0.326 e. The minimum atomic E-state index is -0.998. The van der Waals surface area contributed by atoms with Gasteiger partial charge in [0.1, 0.15) is 11.8 Å². The number of amides is 1. The number of likely N-dealkylation sites (tertiary alicyclic amines) is 1. The monoisotopic (exact) mass is 319 g/mol. The molecule has 1 aliphatic heterocycles. The highest BCUT2D eigenvalue weighted by Crippen LogP contribution is 2.29. The van der Waals surface area contributed by atoms with Crippen molar-refractivity contribution >= 4 is 11.9 Å². The lowest BCUT2D eigenvalue weighted by Gasteiger charge is -2.21.